The molecule has 0 radical (unpaired) electrons. The van der Waals surface area contributed by atoms with Crippen molar-refractivity contribution < 1.29 is 38.8 Å². The number of anilines is 1. The van der Waals surface area contributed by atoms with Crippen molar-refractivity contribution in [3.05, 3.63) is 47.5 Å². The molecule has 0 spiro atoms. The van der Waals surface area contributed by atoms with Gasteiger partial charge in [-0.05, 0) is 23.6 Å². The van der Waals surface area contributed by atoms with E-state index in [0.717, 1.165) is 5.56 Å². The number of ether oxygens (including phenoxy) is 1. The molecule has 4 rings (SSSR count). The molecule has 3 heterocycles. The summed E-state index contributed by atoms with van der Waals surface area (Å²) < 4.78 is 30.4. The van der Waals surface area contributed by atoms with Crippen LogP contribution in [0.25, 0.3) is 11.2 Å². The topological polar surface area (TPSA) is 191 Å². The predicted molar refractivity (Wildman–Crippen MR) is 131 cm³/mol. The van der Waals surface area contributed by atoms with Gasteiger partial charge in [0.1, 0.15) is 18.1 Å². The lowest BCUT2D eigenvalue weighted by Gasteiger charge is -2.20. The molecule has 0 saturated carbocycles. The number of hydrogen-bond donors (Lipinski definition) is 5. The summed E-state index contributed by atoms with van der Waals surface area (Å²) in [5, 5.41) is 21.1. The van der Waals surface area contributed by atoms with E-state index in [0.29, 0.717) is 17.9 Å². The molecular weight excluding hydrogens is 536 g/mol. The average Bonchev–Trinajstić information content (AvgIpc) is 3.31. The van der Waals surface area contributed by atoms with Crippen LogP contribution >= 0.6 is 26.6 Å². The Morgan fingerprint density at radius 2 is 1.81 bits per heavy atom. The summed E-state index contributed by atoms with van der Waals surface area (Å²) in [6.07, 6.45) is -4.44. The highest BCUT2D eigenvalue weighted by Crippen LogP contribution is 2.55. The molecule has 2 aromatic heterocycles. The zero-order valence-electron chi connectivity index (χ0n) is 19.1. The van der Waals surface area contributed by atoms with Gasteiger partial charge in [-0.2, -0.15) is 9.97 Å². The SMILES string of the molecule is CN(Cc1ccccc1)c1nc(Cl)nc2c1ncn2[C@@H]1O[C@H](CCP(=O)(O)CP(=O)(O)O)[C@H](O)C1O. The summed E-state index contributed by atoms with van der Waals surface area (Å²) in [4.78, 5) is 42.6. The Morgan fingerprint density at radius 1 is 1.11 bits per heavy atom. The first kappa shape index (κ1) is 27.1. The van der Waals surface area contributed by atoms with Gasteiger partial charge in [0.05, 0.1) is 12.4 Å². The van der Waals surface area contributed by atoms with E-state index in [1.807, 2.05) is 42.3 Å². The quantitative estimate of drug-likeness (QED) is 0.187. The third kappa shape index (κ3) is 6.13. The molecule has 36 heavy (non-hydrogen) atoms. The van der Waals surface area contributed by atoms with Gasteiger partial charge in [0, 0.05) is 19.8 Å². The number of nitrogens with zero attached hydrogens (tertiary/aromatic N) is 5. The second-order valence-corrected chi connectivity index (χ2v) is 13.6. The van der Waals surface area contributed by atoms with Crippen molar-refractivity contribution in [1.29, 1.82) is 0 Å². The van der Waals surface area contributed by atoms with Gasteiger partial charge in [0.25, 0.3) is 0 Å². The molecule has 5 atom stereocenters. The lowest BCUT2D eigenvalue weighted by atomic mass is 10.1. The Labute approximate surface area is 211 Å². The van der Waals surface area contributed by atoms with Crippen molar-refractivity contribution in [3.8, 4) is 0 Å². The molecule has 0 bridgehead atoms. The molecular formula is C20H26ClN5O8P2. The smallest absolute Gasteiger partial charge is 0.335 e. The third-order valence-corrected chi connectivity index (χ3v) is 10.1. The van der Waals surface area contributed by atoms with E-state index in [2.05, 4.69) is 15.0 Å². The minimum absolute atomic E-state index is 0.0672. The molecule has 1 aromatic carbocycles. The normalized spacial score (nSPS) is 24.2. The highest BCUT2D eigenvalue weighted by Gasteiger charge is 2.45. The van der Waals surface area contributed by atoms with Crippen LogP contribution in [0.2, 0.25) is 5.28 Å². The molecule has 1 fully saturated rings. The van der Waals surface area contributed by atoms with E-state index in [1.54, 1.807) is 0 Å². The van der Waals surface area contributed by atoms with Crippen molar-refractivity contribution in [2.24, 2.45) is 0 Å². The second kappa shape index (κ2) is 10.4. The zero-order valence-corrected chi connectivity index (χ0v) is 21.6. The number of aliphatic hydroxyl groups excluding tert-OH is 2. The van der Waals surface area contributed by atoms with Crippen LogP contribution in [0.4, 0.5) is 5.82 Å². The van der Waals surface area contributed by atoms with E-state index in [-0.39, 0.29) is 17.4 Å². The number of imidazole rings is 1. The van der Waals surface area contributed by atoms with Crippen LogP contribution in [0.3, 0.4) is 0 Å². The molecule has 0 aliphatic carbocycles. The summed E-state index contributed by atoms with van der Waals surface area (Å²) in [7, 11) is -7.07. The lowest BCUT2D eigenvalue weighted by Crippen LogP contribution is -2.32. The fraction of sp³-hybridized carbons (Fsp3) is 0.450. The van der Waals surface area contributed by atoms with E-state index < -0.39 is 51.6 Å². The summed E-state index contributed by atoms with van der Waals surface area (Å²) in [5.41, 5.74) is 1.66. The van der Waals surface area contributed by atoms with E-state index in [4.69, 9.17) is 26.1 Å². The van der Waals surface area contributed by atoms with Crippen LogP contribution in [0, 0.1) is 0 Å². The molecule has 13 nitrogen and oxygen atoms in total. The first-order chi connectivity index (χ1) is 16.8. The van der Waals surface area contributed by atoms with Crippen molar-refractivity contribution in [2.45, 2.75) is 37.5 Å². The molecule has 196 valence electrons. The average molecular weight is 562 g/mol. The van der Waals surface area contributed by atoms with Crippen molar-refractivity contribution >= 4 is 43.5 Å². The molecule has 16 heteroatoms. The van der Waals surface area contributed by atoms with Crippen LogP contribution in [-0.2, 0) is 20.4 Å². The van der Waals surface area contributed by atoms with Crippen molar-refractivity contribution in [2.75, 3.05) is 24.0 Å². The summed E-state index contributed by atoms with van der Waals surface area (Å²) in [6.45, 7) is 0.509. The van der Waals surface area contributed by atoms with Crippen LogP contribution in [-0.4, -0.2) is 81.8 Å². The summed E-state index contributed by atoms with van der Waals surface area (Å²) >= 11 is 6.19. The number of fused-ring (bicyclic) bond motifs is 1. The minimum atomic E-state index is -4.70. The first-order valence-corrected chi connectivity index (χ1v) is 15.1. The van der Waals surface area contributed by atoms with Crippen molar-refractivity contribution in [1.82, 2.24) is 19.5 Å². The number of aliphatic hydroxyl groups is 2. The third-order valence-electron chi connectivity index (χ3n) is 5.78. The zero-order chi connectivity index (χ0) is 26.3. The Bertz CT molecular complexity index is 1320. The van der Waals surface area contributed by atoms with Gasteiger partial charge >= 0.3 is 7.60 Å². The number of aromatic nitrogens is 4. The number of halogens is 1. The van der Waals surface area contributed by atoms with E-state index in [9.17, 15) is 24.2 Å². The van der Waals surface area contributed by atoms with Gasteiger partial charge in [-0.25, -0.2) is 4.98 Å². The first-order valence-electron chi connectivity index (χ1n) is 10.9. The highest BCUT2D eigenvalue weighted by atomic mass is 35.5. The molecule has 0 amide bonds. The molecule has 3 aromatic rings. The molecule has 1 aliphatic heterocycles. The van der Waals surface area contributed by atoms with Gasteiger partial charge in [-0.1, -0.05) is 30.3 Å². The van der Waals surface area contributed by atoms with Crippen LogP contribution < -0.4 is 4.90 Å². The maximum atomic E-state index is 12.1. The predicted octanol–water partition coefficient (Wildman–Crippen LogP) is 1.53. The van der Waals surface area contributed by atoms with Crippen LogP contribution in [0.15, 0.2) is 36.7 Å². The Hall–Kier alpha value is -1.92. The van der Waals surface area contributed by atoms with Crippen LogP contribution in [0.5, 0.6) is 0 Å². The van der Waals surface area contributed by atoms with Crippen molar-refractivity contribution in [3.63, 3.8) is 0 Å². The van der Waals surface area contributed by atoms with Gasteiger partial charge in [-0.15, -0.1) is 0 Å². The van der Waals surface area contributed by atoms with E-state index in [1.165, 1.54) is 10.9 Å². The number of benzene rings is 1. The monoisotopic (exact) mass is 561 g/mol. The summed E-state index contributed by atoms with van der Waals surface area (Å²) in [6, 6.07) is 9.68. The molecule has 5 N–H and O–H groups in total. The number of hydrogen-bond acceptors (Lipinski definition) is 9. The molecule has 1 saturated heterocycles. The fourth-order valence-corrected chi connectivity index (χ4v) is 7.83. The fourth-order valence-electron chi connectivity index (χ4n) is 4.15. The van der Waals surface area contributed by atoms with Gasteiger partial charge < -0.3 is 34.5 Å². The maximum absolute atomic E-state index is 12.1. The molecule has 1 aliphatic rings. The standard InChI is InChI=1S/C20H26ClN5O8P2/c1-25(9-12-5-3-2-4-6-12)17-14-18(24-20(21)23-17)26(10-22-14)19-16(28)15(27)13(34-19)7-8-35(29,30)11-36(31,32)33/h2-6,10,13,15-16,19,27-28H,7-9,11H2,1H3,(H,29,30)(H2,31,32,33)/t13-,15+,16?,19-/m1/s1. The van der Waals surface area contributed by atoms with E-state index >= 15 is 0 Å². The Balaban J connectivity index is 1.56. The van der Waals surface area contributed by atoms with Gasteiger partial charge in [0.15, 0.2) is 23.2 Å². The Morgan fingerprint density at radius 3 is 2.47 bits per heavy atom. The number of rotatable bonds is 9. The minimum Gasteiger partial charge on any atom is -0.388 e. The van der Waals surface area contributed by atoms with Crippen LogP contribution in [0.1, 0.15) is 18.2 Å². The largest absolute Gasteiger partial charge is 0.388 e. The highest BCUT2D eigenvalue weighted by molar-refractivity contribution is 7.72. The maximum Gasteiger partial charge on any atom is 0.335 e. The Kier molecular flexibility index (Phi) is 7.87. The summed E-state index contributed by atoms with van der Waals surface area (Å²) in [5.74, 6) is -0.730. The van der Waals surface area contributed by atoms with Gasteiger partial charge in [0.2, 0.25) is 12.7 Å². The second-order valence-electron chi connectivity index (χ2n) is 8.69. The lowest BCUT2D eigenvalue weighted by molar-refractivity contribution is -0.0354. The van der Waals surface area contributed by atoms with Gasteiger partial charge in [-0.3, -0.25) is 13.7 Å². The molecule has 2 unspecified atom stereocenters.